The Morgan fingerprint density at radius 3 is 2.77 bits per heavy atom. The van der Waals surface area contributed by atoms with Crippen LogP contribution in [0.2, 0.25) is 0 Å². The van der Waals surface area contributed by atoms with E-state index >= 15 is 0 Å². The van der Waals surface area contributed by atoms with Crippen LogP contribution in [0.5, 0.6) is 5.75 Å². The van der Waals surface area contributed by atoms with Crippen molar-refractivity contribution in [1.82, 2.24) is 19.9 Å². The minimum Gasteiger partial charge on any atom is -0.480 e. The molecule has 1 unspecified atom stereocenters. The van der Waals surface area contributed by atoms with Gasteiger partial charge in [0.2, 0.25) is 5.89 Å². The summed E-state index contributed by atoms with van der Waals surface area (Å²) < 4.78 is 11.2. The number of amides is 1. The SMILES string of the molecule is Cc1ccc2c(c1)CCC(C(=O)N1CCN(Cc3nc(C)no3)CC1)O2. The number of aryl methyl sites for hydroxylation is 3. The molecular formula is C19H24N4O3. The van der Waals surface area contributed by atoms with Crippen LogP contribution in [-0.2, 0) is 17.8 Å². The predicted molar refractivity (Wildman–Crippen MR) is 94.8 cm³/mol. The molecule has 3 heterocycles. The number of nitrogens with zero attached hydrogens (tertiary/aromatic N) is 4. The number of piperazine rings is 1. The first kappa shape index (κ1) is 17.0. The van der Waals surface area contributed by atoms with Gasteiger partial charge in [-0.1, -0.05) is 22.9 Å². The summed E-state index contributed by atoms with van der Waals surface area (Å²) in [6, 6.07) is 6.16. The molecule has 1 atom stereocenters. The van der Waals surface area contributed by atoms with Gasteiger partial charge < -0.3 is 14.2 Å². The zero-order chi connectivity index (χ0) is 18.1. The molecule has 0 spiro atoms. The number of rotatable bonds is 3. The molecule has 1 aromatic carbocycles. The first-order valence-electron chi connectivity index (χ1n) is 9.15. The smallest absolute Gasteiger partial charge is 0.263 e. The first-order valence-corrected chi connectivity index (χ1v) is 9.15. The fraction of sp³-hybridized carbons (Fsp3) is 0.526. The Morgan fingerprint density at radius 1 is 1.23 bits per heavy atom. The van der Waals surface area contributed by atoms with Gasteiger partial charge in [-0.3, -0.25) is 9.69 Å². The highest BCUT2D eigenvalue weighted by Gasteiger charge is 2.31. The quantitative estimate of drug-likeness (QED) is 0.834. The molecule has 0 radical (unpaired) electrons. The fourth-order valence-corrected chi connectivity index (χ4v) is 3.62. The van der Waals surface area contributed by atoms with E-state index < -0.39 is 0 Å². The van der Waals surface area contributed by atoms with Crippen molar-refractivity contribution in [2.75, 3.05) is 26.2 Å². The van der Waals surface area contributed by atoms with Crippen LogP contribution in [-0.4, -0.2) is 58.1 Å². The van der Waals surface area contributed by atoms with Crippen LogP contribution in [0.15, 0.2) is 22.7 Å². The molecule has 4 rings (SSSR count). The van der Waals surface area contributed by atoms with Crippen LogP contribution >= 0.6 is 0 Å². The largest absolute Gasteiger partial charge is 0.480 e. The van der Waals surface area contributed by atoms with Crippen molar-refractivity contribution < 1.29 is 14.1 Å². The molecule has 0 saturated carbocycles. The van der Waals surface area contributed by atoms with Crippen molar-refractivity contribution in [3.05, 3.63) is 41.0 Å². The summed E-state index contributed by atoms with van der Waals surface area (Å²) in [4.78, 5) is 21.2. The van der Waals surface area contributed by atoms with E-state index in [-0.39, 0.29) is 12.0 Å². The highest BCUT2D eigenvalue weighted by molar-refractivity contribution is 5.81. The minimum atomic E-state index is -0.365. The molecule has 26 heavy (non-hydrogen) atoms. The molecule has 2 aliphatic heterocycles. The number of fused-ring (bicyclic) bond motifs is 1. The van der Waals surface area contributed by atoms with Gasteiger partial charge in [-0.15, -0.1) is 0 Å². The summed E-state index contributed by atoms with van der Waals surface area (Å²) in [6.45, 7) is 7.53. The standard InChI is InChI=1S/C19H24N4O3/c1-13-3-5-16-15(11-13)4-6-17(25-16)19(24)23-9-7-22(8-10-23)12-18-20-14(2)21-26-18/h3,5,11,17H,4,6-10,12H2,1-2H3. The number of ether oxygens (including phenoxy) is 1. The van der Waals surface area contributed by atoms with Gasteiger partial charge in [-0.2, -0.15) is 4.98 Å². The lowest BCUT2D eigenvalue weighted by Gasteiger charge is -2.36. The van der Waals surface area contributed by atoms with E-state index in [4.69, 9.17) is 9.26 Å². The molecule has 0 N–H and O–H groups in total. The summed E-state index contributed by atoms with van der Waals surface area (Å²) in [5.74, 6) is 2.23. The van der Waals surface area contributed by atoms with Crippen LogP contribution in [0.3, 0.4) is 0 Å². The summed E-state index contributed by atoms with van der Waals surface area (Å²) in [6.07, 6.45) is 1.27. The van der Waals surface area contributed by atoms with Crippen molar-refractivity contribution in [2.24, 2.45) is 0 Å². The Kier molecular flexibility index (Phi) is 4.63. The van der Waals surface area contributed by atoms with Crippen LogP contribution in [0, 0.1) is 13.8 Å². The molecule has 0 aliphatic carbocycles. The first-order chi connectivity index (χ1) is 12.6. The number of carbonyl (C=O) groups excluding carboxylic acids is 1. The zero-order valence-corrected chi connectivity index (χ0v) is 15.3. The second kappa shape index (κ2) is 7.07. The Bertz CT molecular complexity index is 796. The Labute approximate surface area is 152 Å². The summed E-state index contributed by atoms with van der Waals surface area (Å²) in [5.41, 5.74) is 2.43. The number of hydrogen-bond acceptors (Lipinski definition) is 6. The zero-order valence-electron chi connectivity index (χ0n) is 15.3. The Balaban J connectivity index is 1.32. The molecule has 1 aromatic heterocycles. The van der Waals surface area contributed by atoms with Crippen molar-refractivity contribution in [2.45, 2.75) is 39.3 Å². The van der Waals surface area contributed by atoms with Crippen LogP contribution < -0.4 is 4.74 Å². The third-order valence-corrected chi connectivity index (χ3v) is 5.05. The fourth-order valence-electron chi connectivity index (χ4n) is 3.62. The number of carbonyl (C=O) groups is 1. The number of hydrogen-bond donors (Lipinski definition) is 0. The molecular weight excluding hydrogens is 332 g/mol. The molecule has 0 bridgehead atoms. The second-order valence-corrected chi connectivity index (χ2v) is 7.09. The van der Waals surface area contributed by atoms with E-state index in [9.17, 15) is 4.79 Å². The van der Waals surface area contributed by atoms with E-state index in [0.717, 1.165) is 31.7 Å². The summed E-state index contributed by atoms with van der Waals surface area (Å²) >= 11 is 0. The van der Waals surface area contributed by atoms with Gasteiger partial charge in [0.25, 0.3) is 5.91 Å². The Morgan fingerprint density at radius 2 is 2.04 bits per heavy atom. The maximum atomic E-state index is 12.8. The van der Waals surface area contributed by atoms with Gasteiger partial charge in [-0.25, -0.2) is 0 Å². The van der Waals surface area contributed by atoms with Gasteiger partial charge in [0.1, 0.15) is 5.75 Å². The molecule has 138 valence electrons. The number of aromatic nitrogens is 2. The van der Waals surface area contributed by atoms with Gasteiger partial charge >= 0.3 is 0 Å². The van der Waals surface area contributed by atoms with Crippen molar-refractivity contribution >= 4 is 5.91 Å². The lowest BCUT2D eigenvalue weighted by Crippen LogP contribution is -2.52. The molecule has 1 fully saturated rings. The lowest BCUT2D eigenvalue weighted by atomic mass is 9.99. The topological polar surface area (TPSA) is 71.7 Å². The average Bonchev–Trinajstić information content (AvgIpc) is 3.06. The van der Waals surface area contributed by atoms with E-state index in [1.165, 1.54) is 11.1 Å². The van der Waals surface area contributed by atoms with Crippen LogP contribution in [0.25, 0.3) is 0 Å². The highest BCUT2D eigenvalue weighted by atomic mass is 16.5. The van der Waals surface area contributed by atoms with Crippen molar-refractivity contribution in [3.63, 3.8) is 0 Å². The van der Waals surface area contributed by atoms with Gasteiger partial charge in [0.05, 0.1) is 6.54 Å². The van der Waals surface area contributed by atoms with Crippen LogP contribution in [0.4, 0.5) is 0 Å². The summed E-state index contributed by atoms with van der Waals surface area (Å²) in [7, 11) is 0. The molecule has 7 heteroatoms. The van der Waals surface area contributed by atoms with E-state index in [0.29, 0.717) is 31.3 Å². The maximum absolute atomic E-state index is 12.8. The van der Waals surface area contributed by atoms with Gasteiger partial charge in [0, 0.05) is 26.2 Å². The maximum Gasteiger partial charge on any atom is 0.263 e. The third-order valence-electron chi connectivity index (χ3n) is 5.05. The van der Waals surface area contributed by atoms with E-state index in [1.807, 2.05) is 24.0 Å². The van der Waals surface area contributed by atoms with E-state index in [1.54, 1.807) is 0 Å². The minimum absolute atomic E-state index is 0.101. The van der Waals surface area contributed by atoms with Crippen molar-refractivity contribution in [1.29, 1.82) is 0 Å². The molecule has 2 aliphatic rings. The Hall–Kier alpha value is -2.41. The summed E-state index contributed by atoms with van der Waals surface area (Å²) in [5, 5.41) is 3.82. The third kappa shape index (κ3) is 3.58. The molecule has 2 aromatic rings. The lowest BCUT2D eigenvalue weighted by molar-refractivity contribution is -0.141. The predicted octanol–water partition coefficient (Wildman–Crippen LogP) is 1.72. The van der Waals surface area contributed by atoms with Gasteiger partial charge in [0.15, 0.2) is 11.9 Å². The highest BCUT2D eigenvalue weighted by Crippen LogP contribution is 2.29. The normalized spacial score (nSPS) is 20.5. The number of benzene rings is 1. The van der Waals surface area contributed by atoms with Gasteiger partial charge in [-0.05, 0) is 38.3 Å². The molecule has 1 saturated heterocycles. The van der Waals surface area contributed by atoms with E-state index in [2.05, 4.69) is 28.0 Å². The molecule has 7 nitrogen and oxygen atoms in total. The molecule has 1 amide bonds. The average molecular weight is 356 g/mol. The second-order valence-electron chi connectivity index (χ2n) is 7.09. The monoisotopic (exact) mass is 356 g/mol. The van der Waals surface area contributed by atoms with Crippen molar-refractivity contribution in [3.8, 4) is 5.75 Å². The van der Waals surface area contributed by atoms with Crippen LogP contribution in [0.1, 0.15) is 29.3 Å².